The van der Waals surface area contributed by atoms with Crippen LogP contribution in [0.25, 0.3) is 32.6 Å². The third-order valence-electron chi connectivity index (χ3n) is 5.09. The predicted molar refractivity (Wildman–Crippen MR) is 132 cm³/mol. The zero-order valence-corrected chi connectivity index (χ0v) is 20.5. The molecule has 0 unspecified atom stereocenters. The molecule has 1 fully saturated rings. The van der Waals surface area contributed by atoms with Gasteiger partial charge in [0.25, 0.3) is 0 Å². The van der Waals surface area contributed by atoms with Crippen LogP contribution in [0.3, 0.4) is 0 Å². The summed E-state index contributed by atoms with van der Waals surface area (Å²) in [5.41, 5.74) is 1.52. The molecule has 1 aliphatic rings. The maximum absolute atomic E-state index is 13.0. The number of nitrogens with zero attached hydrogens (tertiary/aromatic N) is 6. The predicted octanol–water partition coefficient (Wildman–Crippen LogP) is 5.95. The Morgan fingerprint density at radius 3 is 2.52 bits per heavy atom. The minimum absolute atomic E-state index is 0.00499. The number of aromatic nitrogens is 5. The molecule has 0 bridgehead atoms. The molecule has 0 aromatic carbocycles. The largest absolute Gasteiger partial charge is 0.384 e. The molecule has 5 rings (SSSR count). The first kappa shape index (κ1) is 24.7. The summed E-state index contributed by atoms with van der Waals surface area (Å²) in [6.45, 7) is 7.49. The van der Waals surface area contributed by atoms with E-state index in [9.17, 15) is 8.78 Å². The van der Waals surface area contributed by atoms with Gasteiger partial charge in [0.05, 0.1) is 0 Å². The number of fused-ring (bicyclic) bond motifs is 2. The monoisotopic (exact) mass is 472 g/mol. The lowest BCUT2D eigenvalue weighted by molar-refractivity contribution is -0.109. The van der Waals surface area contributed by atoms with Crippen molar-refractivity contribution in [2.75, 3.05) is 14.1 Å². The highest BCUT2D eigenvalue weighted by Gasteiger charge is 2.45. The van der Waals surface area contributed by atoms with Crippen LogP contribution in [0, 0.1) is 5.92 Å². The number of hydrogen-bond acceptors (Lipinski definition) is 6. The molecule has 4 aromatic rings. The van der Waals surface area contributed by atoms with Crippen LogP contribution in [0.5, 0.6) is 0 Å². The average molecular weight is 473 g/mol. The molecule has 1 aliphatic carbocycles. The first-order valence-electron chi connectivity index (χ1n) is 10.9. The van der Waals surface area contributed by atoms with Crippen molar-refractivity contribution in [2.45, 2.75) is 39.0 Å². The van der Waals surface area contributed by atoms with Crippen LogP contribution in [0.15, 0.2) is 43.5 Å². The Morgan fingerprint density at radius 1 is 1.18 bits per heavy atom. The lowest BCUT2D eigenvalue weighted by Gasteiger charge is -2.34. The van der Waals surface area contributed by atoms with Crippen molar-refractivity contribution < 1.29 is 8.78 Å². The molecule has 6 nitrogen and oxygen atoms in total. The summed E-state index contributed by atoms with van der Waals surface area (Å²) in [5, 5.41) is 6.16. The second-order valence-electron chi connectivity index (χ2n) is 8.09. The third kappa shape index (κ3) is 6.10. The highest BCUT2D eigenvalue weighted by molar-refractivity contribution is 7.18. The van der Waals surface area contributed by atoms with Crippen LogP contribution < -0.4 is 0 Å². The molecule has 4 aromatic heterocycles. The molecule has 0 saturated heterocycles. The van der Waals surface area contributed by atoms with Crippen LogP contribution in [-0.4, -0.2) is 49.7 Å². The minimum atomic E-state index is -2.47. The van der Waals surface area contributed by atoms with Gasteiger partial charge in [0.2, 0.25) is 5.92 Å². The van der Waals surface area contributed by atoms with Gasteiger partial charge < -0.3 is 4.90 Å². The molecule has 0 spiro atoms. The van der Waals surface area contributed by atoms with E-state index in [1.54, 1.807) is 34.6 Å². The van der Waals surface area contributed by atoms with Gasteiger partial charge in [-0.2, -0.15) is 5.10 Å². The van der Waals surface area contributed by atoms with Gasteiger partial charge in [0.15, 0.2) is 11.5 Å². The van der Waals surface area contributed by atoms with E-state index in [4.69, 9.17) is 0 Å². The highest BCUT2D eigenvalue weighted by atomic mass is 32.1. The Labute approximate surface area is 197 Å². The summed E-state index contributed by atoms with van der Waals surface area (Å²) in [7, 11) is 5.73. The fourth-order valence-corrected chi connectivity index (χ4v) is 4.61. The van der Waals surface area contributed by atoms with Crippen LogP contribution in [0.1, 0.15) is 31.6 Å². The van der Waals surface area contributed by atoms with E-state index in [1.807, 2.05) is 58.2 Å². The Bertz CT molecular complexity index is 1220. The van der Waals surface area contributed by atoms with E-state index >= 15 is 0 Å². The Kier molecular flexibility index (Phi) is 7.73. The summed E-state index contributed by atoms with van der Waals surface area (Å²) in [6.07, 6.45) is 7.85. The van der Waals surface area contributed by atoms with Crippen molar-refractivity contribution in [3.8, 4) is 11.4 Å². The summed E-state index contributed by atoms with van der Waals surface area (Å²) in [4.78, 5) is 17.3. The molecule has 176 valence electrons. The van der Waals surface area contributed by atoms with Crippen LogP contribution in [0.4, 0.5) is 8.78 Å². The Hall–Kier alpha value is -2.94. The molecular weight excluding hydrogens is 442 g/mol. The quantitative estimate of drug-likeness (QED) is 0.368. The normalized spacial score (nSPS) is 14.6. The van der Waals surface area contributed by atoms with E-state index in [1.165, 1.54) is 0 Å². The van der Waals surface area contributed by atoms with Crippen molar-refractivity contribution >= 4 is 32.6 Å². The standard InChI is InChI=1S/C18H15F2N5S.C4H9N.C2H6/c1-25-9-13-3-11(7-22-16(13)24-25)15-21-8-12-4-14(26-17(12)23-15)2-10-5-18(19,20)6-10;1-4-5(2)3;1-2/h3-4,7-10H,2,5-6H2,1H3;4H,1H2,2-3H3;1-2H3. The number of halogens is 2. The van der Waals surface area contributed by atoms with Crippen molar-refractivity contribution in [1.82, 2.24) is 29.6 Å². The van der Waals surface area contributed by atoms with Crippen LogP contribution in [-0.2, 0) is 13.5 Å². The molecule has 33 heavy (non-hydrogen) atoms. The SMILES string of the molecule is C=CN(C)C.CC.Cn1cc2cc(-c3ncc4cc(CC5CC(F)(F)C5)sc4n3)cnc2n1. The molecule has 0 N–H and O–H groups in total. The number of thiophene rings is 1. The maximum Gasteiger partial charge on any atom is 0.248 e. The summed E-state index contributed by atoms with van der Waals surface area (Å²) < 4.78 is 27.8. The van der Waals surface area contributed by atoms with Crippen molar-refractivity contribution in [2.24, 2.45) is 13.0 Å². The molecular formula is C24H30F2N6S. The molecule has 0 atom stereocenters. The summed E-state index contributed by atoms with van der Waals surface area (Å²) in [5.74, 6) is -1.78. The molecule has 4 heterocycles. The van der Waals surface area contributed by atoms with Crippen molar-refractivity contribution in [3.63, 3.8) is 0 Å². The number of pyridine rings is 1. The Balaban J connectivity index is 0.000000390. The van der Waals surface area contributed by atoms with Crippen molar-refractivity contribution in [3.05, 3.63) is 48.4 Å². The number of aryl methyl sites for hydroxylation is 1. The number of hydrogen-bond donors (Lipinski definition) is 0. The maximum atomic E-state index is 13.0. The molecule has 0 amide bonds. The second-order valence-corrected chi connectivity index (χ2v) is 9.20. The topological polar surface area (TPSA) is 59.7 Å². The van der Waals surface area contributed by atoms with E-state index < -0.39 is 5.92 Å². The van der Waals surface area contributed by atoms with Gasteiger partial charge in [0.1, 0.15) is 4.83 Å². The van der Waals surface area contributed by atoms with E-state index in [2.05, 4.69) is 26.6 Å². The fraction of sp³-hybridized carbons (Fsp3) is 0.417. The second kappa shape index (κ2) is 10.3. The lowest BCUT2D eigenvalue weighted by atomic mass is 9.79. The van der Waals surface area contributed by atoms with Crippen LogP contribution in [0.2, 0.25) is 0 Å². The lowest BCUT2D eigenvalue weighted by Crippen LogP contribution is -2.36. The van der Waals surface area contributed by atoms with Gasteiger partial charge in [-0.3, -0.25) is 4.68 Å². The number of alkyl halides is 2. The number of rotatable bonds is 4. The minimum Gasteiger partial charge on any atom is -0.384 e. The fourth-order valence-electron chi connectivity index (χ4n) is 3.49. The van der Waals surface area contributed by atoms with Gasteiger partial charge in [-0.05, 0) is 30.7 Å². The van der Waals surface area contributed by atoms with E-state index in [0.717, 1.165) is 26.0 Å². The van der Waals surface area contributed by atoms with E-state index in [0.29, 0.717) is 17.9 Å². The smallest absolute Gasteiger partial charge is 0.248 e. The first-order chi connectivity index (χ1) is 15.7. The molecule has 9 heteroatoms. The first-order valence-corrected chi connectivity index (χ1v) is 11.8. The van der Waals surface area contributed by atoms with Gasteiger partial charge in [0, 0.05) is 73.8 Å². The molecule has 0 radical (unpaired) electrons. The van der Waals surface area contributed by atoms with Gasteiger partial charge in [-0.25, -0.2) is 23.7 Å². The summed E-state index contributed by atoms with van der Waals surface area (Å²) in [6, 6.07) is 3.99. The van der Waals surface area contributed by atoms with Crippen LogP contribution >= 0.6 is 11.3 Å². The van der Waals surface area contributed by atoms with Gasteiger partial charge in [-0.15, -0.1) is 11.3 Å². The third-order valence-corrected chi connectivity index (χ3v) is 6.15. The zero-order chi connectivity index (χ0) is 24.2. The average Bonchev–Trinajstić information content (AvgIpc) is 3.34. The summed E-state index contributed by atoms with van der Waals surface area (Å²) >= 11 is 1.56. The van der Waals surface area contributed by atoms with Gasteiger partial charge in [-0.1, -0.05) is 20.4 Å². The molecule has 1 saturated carbocycles. The van der Waals surface area contributed by atoms with Crippen molar-refractivity contribution in [1.29, 1.82) is 0 Å². The van der Waals surface area contributed by atoms with Gasteiger partial charge >= 0.3 is 0 Å². The Morgan fingerprint density at radius 2 is 1.88 bits per heavy atom. The zero-order valence-electron chi connectivity index (χ0n) is 19.7. The van der Waals surface area contributed by atoms with E-state index in [-0.39, 0.29) is 18.8 Å². The highest BCUT2D eigenvalue weighted by Crippen LogP contribution is 2.44. The molecule has 0 aliphatic heterocycles.